The predicted molar refractivity (Wildman–Crippen MR) is 81.1 cm³/mol. The first-order valence-electron chi connectivity index (χ1n) is 7.20. The Balaban J connectivity index is 2.00. The molecule has 0 atom stereocenters. The van der Waals surface area contributed by atoms with Crippen LogP contribution < -0.4 is 10.2 Å². The molecule has 3 rings (SSSR count). The average molecular weight is 278 g/mol. The van der Waals surface area contributed by atoms with Crippen LogP contribution in [0, 0.1) is 0 Å². The highest BCUT2D eigenvalue weighted by molar-refractivity contribution is 7.15. The molecule has 1 fully saturated rings. The summed E-state index contributed by atoms with van der Waals surface area (Å²) in [4.78, 5) is 8.50. The van der Waals surface area contributed by atoms with E-state index in [1.54, 1.807) is 11.3 Å². The van der Waals surface area contributed by atoms with Crippen LogP contribution in [0.3, 0.4) is 0 Å². The lowest BCUT2D eigenvalue weighted by atomic mass is 10.2. The lowest BCUT2D eigenvalue weighted by molar-refractivity contribution is 0.609. The zero-order valence-corrected chi connectivity index (χ0v) is 12.5. The van der Waals surface area contributed by atoms with Gasteiger partial charge in [0, 0.05) is 30.7 Å². The highest BCUT2D eigenvalue weighted by Gasteiger charge is 2.26. The van der Waals surface area contributed by atoms with E-state index < -0.39 is 0 Å². The van der Waals surface area contributed by atoms with Crippen LogP contribution in [-0.4, -0.2) is 29.0 Å². The summed E-state index contributed by atoms with van der Waals surface area (Å²) in [5.41, 5.74) is 1.30. The Morgan fingerprint density at radius 2 is 2.26 bits per heavy atom. The first-order chi connectivity index (χ1) is 9.35. The molecule has 2 heterocycles. The van der Waals surface area contributed by atoms with Gasteiger partial charge in [-0.3, -0.25) is 4.40 Å². The van der Waals surface area contributed by atoms with Crippen LogP contribution in [0.4, 0.5) is 5.82 Å². The molecule has 19 heavy (non-hydrogen) atoms. The maximum Gasteiger partial charge on any atom is 0.195 e. The molecule has 4 nitrogen and oxygen atoms in total. The van der Waals surface area contributed by atoms with Crippen molar-refractivity contribution in [1.29, 1.82) is 0 Å². The van der Waals surface area contributed by atoms with Crippen molar-refractivity contribution in [1.82, 2.24) is 14.7 Å². The van der Waals surface area contributed by atoms with Crippen LogP contribution in [0.5, 0.6) is 0 Å². The van der Waals surface area contributed by atoms with E-state index in [-0.39, 0.29) is 0 Å². The summed E-state index contributed by atoms with van der Waals surface area (Å²) in [5.74, 6) is 1.19. The Labute approximate surface area is 118 Å². The third kappa shape index (κ3) is 2.25. The fourth-order valence-electron chi connectivity index (χ4n) is 3.18. The number of rotatable bonds is 5. The Morgan fingerprint density at radius 1 is 1.47 bits per heavy atom. The van der Waals surface area contributed by atoms with E-state index in [2.05, 4.69) is 33.1 Å². The smallest absolute Gasteiger partial charge is 0.195 e. The van der Waals surface area contributed by atoms with Crippen molar-refractivity contribution in [3.8, 4) is 0 Å². The van der Waals surface area contributed by atoms with Crippen LogP contribution in [0.2, 0.25) is 0 Å². The second kappa shape index (κ2) is 5.51. The van der Waals surface area contributed by atoms with Crippen LogP contribution in [0.15, 0.2) is 11.6 Å². The molecular weight excluding hydrogens is 256 g/mol. The van der Waals surface area contributed by atoms with Crippen LogP contribution in [0.1, 0.15) is 38.3 Å². The fourth-order valence-corrected chi connectivity index (χ4v) is 3.91. The van der Waals surface area contributed by atoms with Gasteiger partial charge < -0.3 is 10.2 Å². The number of hydrogen-bond donors (Lipinski definition) is 1. The molecule has 104 valence electrons. The number of nitrogens with zero attached hydrogens (tertiary/aromatic N) is 3. The minimum atomic E-state index is 0.685. The van der Waals surface area contributed by atoms with E-state index in [1.807, 2.05) is 7.05 Å². The summed E-state index contributed by atoms with van der Waals surface area (Å²) in [5, 5.41) is 5.39. The first kappa shape index (κ1) is 12.9. The third-order valence-corrected chi connectivity index (χ3v) is 4.82. The van der Waals surface area contributed by atoms with E-state index in [9.17, 15) is 0 Å². The lowest BCUT2D eigenvalue weighted by Crippen LogP contribution is -2.34. The first-order valence-corrected chi connectivity index (χ1v) is 8.08. The van der Waals surface area contributed by atoms with Gasteiger partial charge in [-0.2, -0.15) is 0 Å². The van der Waals surface area contributed by atoms with E-state index in [1.165, 1.54) is 37.2 Å². The van der Waals surface area contributed by atoms with Crippen LogP contribution in [-0.2, 0) is 6.54 Å². The van der Waals surface area contributed by atoms with Gasteiger partial charge in [-0.25, -0.2) is 4.98 Å². The van der Waals surface area contributed by atoms with Gasteiger partial charge in [0.1, 0.15) is 0 Å². The molecule has 0 bridgehead atoms. The molecule has 0 saturated heterocycles. The number of hydrogen-bond acceptors (Lipinski definition) is 4. The van der Waals surface area contributed by atoms with E-state index in [0.29, 0.717) is 6.04 Å². The Kier molecular flexibility index (Phi) is 3.75. The summed E-state index contributed by atoms with van der Waals surface area (Å²) in [6, 6.07) is 0.685. The summed E-state index contributed by atoms with van der Waals surface area (Å²) >= 11 is 1.72. The molecule has 0 radical (unpaired) electrons. The van der Waals surface area contributed by atoms with E-state index >= 15 is 0 Å². The molecule has 1 aliphatic rings. The normalized spacial score (nSPS) is 16.5. The van der Waals surface area contributed by atoms with E-state index in [0.717, 1.165) is 18.1 Å². The molecule has 5 heteroatoms. The molecule has 1 N–H and O–H groups in total. The maximum atomic E-state index is 4.87. The summed E-state index contributed by atoms with van der Waals surface area (Å²) in [7, 11) is 2.00. The zero-order valence-electron chi connectivity index (χ0n) is 11.7. The maximum absolute atomic E-state index is 4.87. The fraction of sp³-hybridized carbons (Fsp3) is 0.643. The van der Waals surface area contributed by atoms with Crippen molar-refractivity contribution < 1.29 is 0 Å². The minimum Gasteiger partial charge on any atom is -0.352 e. The Bertz CT molecular complexity index is 539. The molecule has 0 spiro atoms. The summed E-state index contributed by atoms with van der Waals surface area (Å²) < 4.78 is 2.23. The van der Waals surface area contributed by atoms with Crippen molar-refractivity contribution >= 4 is 22.1 Å². The monoisotopic (exact) mass is 278 g/mol. The van der Waals surface area contributed by atoms with Gasteiger partial charge in [-0.15, -0.1) is 11.3 Å². The molecule has 0 unspecified atom stereocenters. The minimum absolute atomic E-state index is 0.685. The Hall–Kier alpha value is -1.07. The largest absolute Gasteiger partial charge is 0.352 e. The lowest BCUT2D eigenvalue weighted by Gasteiger charge is -2.28. The molecule has 0 amide bonds. The van der Waals surface area contributed by atoms with Crippen molar-refractivity contribution in [3.05, 3.63) is 17.3 Å². The quantitative estimate of drug-likeness (QED) is 0.913. The van der Waals surface area contributed by atoms with Gasteiger partial charge in [-0.05, 0) is 26.8 Å². The molecular formula is C14H22N4S. The average Bonchev–Trinajstić information content (AvgIpc) is 3.10. The molecule has 0 aromatic carbocycles. The number of anilines is 1. The van der Waals surface area contributed by atoms with Crippen molar-refractivity contribution in [2.45, 2.75) is 45.2 Å². The van der Waals surface area contributed by atoms with Crippen molar-refractivity contribution in [2.24, 2.45) is 0 Å². The Morgan fingerprint density at radius 3 is 2.95 bits per heavy atom. The van der Waals surface area contributed by atoms with Gasteiger partial charge in [-0.1, -0.05) is 12.8 Å². The van der Waals surface area contributed by atoms with Gasteiger partial charge >= 0.3 is 0 Å². The van der Waals surface area contributed by atoms with Gasteiger partial charge in [0.15, 0.2) is 10.8 Å². The number of imidazole rings is 1. The topological polar surface area (TPSA) is 32.6 Å². The predicted octanol–water partition coefficient (Wildman–Crippen LogP) is 2.88. The summed E-state index contributed by atoms with van der Waals surface area (Å²) in [6.07, 6.45) is 7.50. The van der Waals surface area contributed by atoms with Gasteiger partial charge in [0.25, 0.3) is 0 Å². The number of nitrogens with one attached hydrogen (secondary N) is 1. The van der Waals surface area contributed by atoms with Gasteiger partial charge in [0.05, 0.1) is 5.69 Å². The molecule has 0 aliphatic heterocycles. The molecule has 1 saturated carbocycles. The second-order valence-corrected chi connectivity index (χ2v) is 6.07. The van der Waals surface area contributed by atoms with Crippen molar-refractivity contribution in [3.63, 3.8) is 0 Å². The number of fused-ring (bicyclic) bond motifs is 1. The zero-order chi connectivity index (χ0) is 13.2. The molecule has 2 aromatic rings. The van der Waals surface area contributed by atoms with E-state index in [4.69, 9.17) is 4.98 Å². The molecule has 2 aromatic heterocycles. The third-order valence-electron chi connectivity index (χ3n) is 4.06. The SMILES string of the molecule is CCN(c1nc2sccn2c1CNC)C1CCCC1. The summed E-state index contributed by atoms with van der Waals surface area (Å²) in [6.45, 7) is 4.16. The van der Waals surface area contributed by atoms with Crippen LogP contribution >= 0.6 is 11.3 Å². The number of aromatic nitrogens is 2. The van der Waals surface area contributed by atoms with Crippen LogP contribution in [0.25, 0.3) is 4.96 Å². The second-order valence-electron chi connectivity index (χ2n) is 5.19. The molecule has 1 aliphatic carbocycles. The standard InChI is InChI=1S/C14H22N4S/c1-3-17(11-6-4-5-7-11)13-12(10-15-2)18-8-9-19-14(18)16-13/h8-9,11,15H,3-7,10H2,1-2H3. The highest BCUT2D eigenvalue weighted by Crippen LogP contribution is 2.31. The highest BCUT2D eigenvalue weighted by atomic mass is 32.1. The van der Waals surface area contributed by atoms with Gasteiger partial charge in [0.2, 0.25) is 0 Å². The van der Waals surface area contributed by atoms with Crippen molar-refractivity contribution in [2.75, 3.05) is 18.5 Å². The number of thiazole rings is 1.